The zero-order valence-corrected chi connectivity index (χ0v) is 7.66. The maximum Gasteiger partial charge on any atom is 0.271 e. The fourth-order valence-corrected chi connectivity index (χ4v) is 1.06. The van der Waals surface area contributed by atoms with E-state index in [9.17, 15) is 4.79 Å². The van der Waals surface area contributed by atoms with Crippen LogP contribution in [0.25, 0.3) is 0 Å². The Kier molecular flexibility index (Phi) is 2.89. The second kappa shape index (κ2) is 3.93. The van der Waals surface area contributed by atoms with Crippen molar-refractivity contribution in [2.45, 2.75) is 26.3 Å². The van der Waals surface area contributed by atoms with Crippen molar-refractivity contribution < 1.29 is 4.79 Å². The molecule has 0 aliphatic rings. The maximum absolute atomic E-state index is 10.8. The van der Waals surface area contributed by atoms with E-state index in [1.54, 1.807) is 10.9 Å². The van der Waals surface area contributed by atoms with Gasteiger partial charge >= 0.3 is 0 Å². The molecule has 0 aromatic carbocycles. The van der Waals surface area contributed by atoms with Crippen LogP contribution in [-0.2, 0) is 6.54 Å². The van der Waals surface area contributed by atoms with E-state index in [4.69, 9.17) is 11.5 Å². The van der Waals surface area contributed by atoms with Crippen molar-refractivity contribution in [3.8, 4) is 0 Å². The Bertz CT molecular complexity index is 305. The average Bonchev–Trinajstić information content (AvgIpc) is 2.43. The van der Waals surface area contributed by atoms with E-state index in [1.165, 1.54) is 0 Å². The number of aromatic nitrogens is 2. The summed E-state index contributed by atoms with van der Waals surface area (Å²) in [5, 5.41) is 3.96. The summed E-state index contributed by atoms with van der Waals surface area (Å²) < 4.78 is 1.65. The number of nitrogens with two attached hydrogens (primary N) is 2. The van der Waals surface area contributed by atoms with Gasteiger partial charge in [0.25, 0.3) is 5.91 Å². The van der Waals surface area contributed by atoms with Crippen LogP contribution in [0.5, 0.6) is 0 Å². The highest BCUT2D eigenvalue weighted by molar-refractivity contribution is 5.95. The third-order valence-electron chi connectivity index (χ3n) is 1.76. The zero-order valence-electron chi connectivity index (χ0n) is 7.66. The summed E-state index contributed by atoms with van der Waals surface area (Å²) in [7, 11) is 0. The molecule has 0 fully saturated rings. The quantitative estimate of drug-likeness (QED) is 0.705. The number of rotatable bonds is 4. The number of carbonyl (C=O) groups excluding carboxylic acids is 1. The summed E-state index contributed by atoms with van der Waals surface area (Å²) in [6, 6.07) is 0. The molecule has 1 aromatic heterocycles. The van der Waals surface area contributed by atoms with Gasteiger partial charge in [-0.3, -0.25) is 9.48 Å². The molecule has 5 heteroatoms. The lowest BCUT2D eigenvalue weighted by molar-refractivity contribution is 0.0995. The summed E-state index contributed by atoms with van der Waals surface area (Å²) in [5.74, 6) is -0.576. The van der Waals surface area contributed by atoms with E-state index in [2.05, 4.69) is 12.0 Å². The molecule has 0 unspecified atom stereocenters. The fraction of sp³-hybridized carbons (Fsp3) is 0.500. The molecule has 0 saturated carbocycles. The summed E-state index contributed by atoms with van der Waals surface area (Å²) in [5.41, 5.74) is 11.1. The van der Waals surface area contributed by atoms with Crippen LogP contribution in [0.2, 0.25) is 0 Å². The molecule has 4 N–H and O–H groups in total. The van der Waals surface area contributed by atoms with Gasteiger partial charge in [0.2, 0.25) is 0 Å². The number of amides is 1. The number of unbranched alkanes of at least 4 members (excludes halogenated alkanes) is 1. The highest BCUT2D eigenvalue weighted by atomic mass is 16.1. The minimum Gasteiger partial charge on any atom is -0.396 e. The molecule has 0 radical (unpaired) electrons. The van der Waals surface area contributed by atoms with Crippen LogP contribution in [0.4, 0.5) is 5.69 Å². The summed E-state index contributed by atoms with van der Waals surface area (Å²) in [6.45, 7) is 2.86. The number of primary amides is 1. The second-order valence-corrected chi connectivity index (χ2v) is 2.91. The molecule has 13 heavy (non-hydrogen) atoms. The van der Waals surface area contributed by atoms with Gasteiger partial charge in [-0.05, 0) is 6.42 Å². The number of aryl methyl sites for hydroxylation is 1. The molecular weight excluding hydrogens is 168 g/mol. The first-order valence-electron chi connectivity index (χ1n) is 4.28. The van der Waals surface area contributed by atoms with Crippen molar-refractivity contribution in [3.05, 3.63) is 11.9 Å². The van der Waals surface area contributed by atoms with Crippen LogP contribution in [0.15, 0.2) is 6.20 Å². The lowest BCUT2D eigenvalue weighted by Gasteiger charge is -1.96. The lowest BCUT2D eigenvalue weighted by atomic mass is 10.3. The number of anilines is 1. The van der Waals surface area contributed by atoms with Crippen LogP contribution < -0.4 is 11.5 Å². The van der Waals surface area contributed by atoms with Crippen molar-refractivity contribution >= 4 is 11.6 Å². The minimum absolute atomic E-state index is 0.163. The summed E-state index contributed by atoms with van der Waals surface area (Å²) in [6.07, 6.45) is 3.72. The third-order valence-corrected chi connectivity index (χ3v) is 1.76. The second-order valence-electron chi connectivity index (χ2n) is 2.91. The monoisotopic (exact) mass is 182 g/mol. The van der Waals surface area contributed by atoms with Gasteiger partial charge in [-0.15, -0.1) is 0 Å². The standard InChI is InChI=1S/C8H14N4O/c1-2-3-4-12-5-6(9)7(11-12)8(10)13/h5H,2-4,9H2,1H3,(H2,10,13). The van der Waals surface area contributed by atoms with Crippen LogP contribution in [0, 0.1) is 0 Å². The van der Waals surface area contributed by atoms with Gasteiger partial charge in [-0.25, -0.2) is 0 Å². The van der Waals surface area contributed by atoms with Crippen LogP contribution >= 0.6 is 0 Å². The Hall–Kier alpha value is -1.52. The van der Waals surface area contributed by atoms with E-state index < -0.39 is 5.91 Å². The first-order valence-corrected chi connectivity index (χ1v) is 4.28. The number of carbonyl (C=O) groups is 1. The van der Waals surface area contributed by atoms with Gasteiger partial charge in [-0.2, -0.15) is 5.10 Å². The first kappa shape index (κ1) is 9.57. The van der Waals surface area contributed by atoms with E-state index in [0.717, 1.165) is 19.4 Å². The third kappa shape index (κ3) is 2.21. The number of hydrogen-bond donors (Lipinski definition) is 2. The molecule has 0 atom stereocenters. The van der Waals surface area contributed by atoms with Crippen LogP contribution in [0.3, 0.4) is 0 Å². The van der Waals surface area contributed by atoms with Crippen molar-refractivity contribution in [3.63, 3.8) is 0 Å². The predicted molar refractivity (Wildman–Crippen MR) is 50.1 cm³/mol. The number of nitrogen functional groups attached to an aromatic ring is 1. The Labute approximate surface area is 76.7 Å². The van der Waals surface area contributed by atoms with Crippen molar-refractivity contribution in [2.75, 3.05) is 5.73 Å². The molecule has 0 spiro atoms. The molecule has 1 amide bonds. The first-order chi connectivity index (χ1) is 6.15. The number of nitrogens with zero attached hydrogens (tertiary/aromatic N) is 2. The topological polar surface area (TPSA) is 86.9 Å². The smallest absolute Gasteiger partial charge is 0.271 e. The normalized spacial score (nSPS) is 10.2. The van der Waals surface area contributed by atoms with Gasteiger partial charge in [-0.1, -0.05) is 13.3 Å². The SMILES string of the molecule is CCCCn1cc(N)c(C(N)=O)n1. The molecule has 1 aromatic rings. The Morgan fingerprint density at radius 3 is 2.85 bits per heavy atom. The van der Waals surface area contributed by atoms with E-state index >= 15 is 0 Å². The Morgan fingerprint density at radius 1 is 1.69 bits per heavy atom. The molecule has 0 aliphatic heterocycles. The fourth-order valence-electron chi connectivity index (χ4n) is 1.06. The Balaban J connectivity index is 2.76. The van der Waals surface area contributed by atoms with E-state index in [0.29, 0.717) is 5.69 Å². The lowest BCUT2D eigenvalue weighted by Crippen LogP contribution is -2.14. The Morgan fingerprint density at radius 2 is 2.38 bits per heavy atom. The molecule has 72 valence electrons. The van der Waals surface area contributed by atoms with Gasteiger partial charge < -0.3 is 11.5 Å². The molecule has 1 rings (SSSR count). The van der Waals surface area contributed by atoms with Crippen molar-refractivity contribution in [2.24, 2.45) is 5.73 Å². The average molecular weight is 182 g/mol. The van der Waals surface area contributed by atoms with Crippen LogP contribution in [-0.4, -0.2) is 15.7 Å². The molecular formula is C8H14N4O. The zero-order chi connectivity index (χ0) is 9.84. The predicted octanol–water partition coefficient (Wildman–Crippen LogP) is 0.364. The molecule has 5 nitrogen and oxygen atoms in total. The van der Waals surface area contributed by atoms with E-state index in [1.807, 2.05) is 0 Å². The van der Waals surface area contributed by atoms with E-state index in [-0.39, 0.29) is 5.69 Å². The minimum atomic E-state index is -0.576. The largest absolute Gasteiger partial charge is 0.396 e. The summed E-state index contributed by atoms with van der Waals surface area (Å²) >= 11 is 0. The van der Waals surface area contributed by atoms with Crippen molar-refractivity contribution in [1.82, 2.24) is 9.78 Å². The van der Waals surface area contributed by atoms with Gasteiger partial charge in [0, 0.05) is 12.7 Å². The van der Waals surface area contributed by atoms with Gasteiger partial charge in [0.15, 0.2) is 5.69 Å². The van der Waals surface area contributed by atoms with Crippen LogP contribution in [0.1, 0.15) is 30.3 Å². The maximum atomic E-state index is 10.8. The highest BCUT2D eigenvalue weighted by Gasteiger charge is 2.10. The van der Waals surface area contributed by atoms with Gasteiger partial charge in [0.1, 0.15) is 0 Å². The molecule has 0 aliphatic carbocycles. The molecule has 0 saturated heterocycles. The molecule has 1 heterocycles. The van der Waals surface area contributed by atoms with Crippen molar-refractivity contribution in [1.29, 1.82) is 0 Å². The highest BCUT2D eigenvalue weighted by Crippen LogP contribution is 2.08. The summed E-state index contributed by atoms with van der Waals surface area (Å²) in [4.78, 5) is 10.8. The number of hydrogen-bond acceptors (Lipinski definition) is 3. The van der Waals surface area contributed by atoms with Gasteiger partial charge in [0.05, 0.1) is 5.69 Å². The molecule has 0 bridgehead atoms.